The van der Waals surface area contributed by atoms with Crippen molar-refractivity contribution in [1.29, 1.82) is 0 Å². The number of rotatable bonds is 3. The molecule has 0 bridgehead atoms. The van der Waals surface area contributed by atoms with Crippen molar-refractivity contribution in [3.63, 3.8) is 0 Å². The summed E-state index contributed by atoms with van der Waals surface area (Å²) in [7, 11) is 0. The van der Waals surface area contributed by atoms with E-state index in [2.05, 4.69) is 4.37 Å². The van der Waals surface area contributed by atoms with E-state index in [1.54, 1.807) is 6.20 Å². The summed E-state index contributed by atoms with van der Waals surface area (Å²) >= 11 is 1.37. The average molecular weight is 220 g/mol. The summed E-state index contributed by atoms with van der Waals surface area (Å²) in [6.07, 6.45) is 1.65. The minimum atomic E-state index is 0.486. The number of benzene rings is 1. The molecular weight excluding hydrogens is 208 g/mol. The quantitative estimate of drug-likeness (QED) is 0.865. The Hall–Kier alpha value is -1.55. The van der Waals surface area contributed by atoms with Crippen LogP contribution in [0.2, 0.25) is 0 Å². The predicted octanol–water partition coefficient (Wildman–Crippen LogP) is 2.61. The molecule has 0 fully saturated rings. The van der Waals surface area contributed by atoms with Crippen molar-refractivity contribution < 1.29 is 4.74 Å². The van der Waals surface area contributed by atoms with E-state index in [1.807, 2.05) is 31.2 Å². The SMILES string of the molecule is Cc1ccc(OCc2sncc2N)cc1. The maximum Gasteiger partial charge on any atom is 0.126 e. The number of nitrogen functional groups attached to an aromatic ring is 1. The molecule has 78 valence electrons. The summed E-state index contributed by atoms with van der Waals surface area (Å²) in [4.78, 5) is 0.968. The second-order valence-electron chi connectivity index (χ2n) is 3.31. The van der Waals surface area contributed by atoms with Gasteiger partial charge in [0, 0.05) is 0 Å². The van der Waals surface area contributed by atoms with Crippen molar-refractivity contribution in [2.75, 3.05) is 5.73 Å². The summed E-state index contributed by atoms with van der Waals surface area (Å²) in [6, 6.07) is 7.94. The van der Waals surface area contributed by atoms with Crippen LogP contribution in [0, 0.1) is 6.92 Å². The number of hydrogen-bond acceptors (Lipinski definition) is 4. The third-order valence-electron chi connectivity index (χ3n) is 2.07. The Bertz CT molecular complexity index is 436. The van der Waals surface area contributed by atoms with Crippen molar-refractivity contribution in [3.05, 3.63) is 40.9 Å². The van der Waals surface area contributed by atoms with Crippen LogP contribution < -0.4 is 10.5 Å². The fraction of sp³-hybridized carbons (Fsp3) is 0.182. The molecule has 0 atom stereocenters. The highest BCUT2D eigenvalue weighted by atomic mass is 32.1. The summed E-state index contributed by atoms with van der Waals surface area (Å²) < 4.78 is 9.56. The van der Waals surface area contributed by atoms with E-state index < -0.39 is 0 Å². The maximum atomic E-state index is 5.70. The molecule has 0 aliphatic heterocycles. The Labute approximate surface area is 92.7 Å². The van der Waals surface area contributed by atoms with Crippen LogP contribution >= 0.6 is 11.5 Å². The number of aromatic nitrogens is 1. The van der Waals surface area contributed by atoms with Crippen LogP contribution in [-0.4, -0.2) is 4.37 Å². The Morgan fingerprint density at radius 2 is 2.07 bits per heavy atom. The van der Waals surface area contributed by atoms with Crippen molar-refractivity contribution in [2.45, 2.75) is 13.5 Å². The molecule has 0 aliphatic carbocycles. The second-order valence-corrected chi connectivity index (χ2v) is 4.19. The number of anilines is 1. The molecule has 2 aromatic rings. The van der Waals surface area contributed by atoms with E-state index in [9.17, 15) is 0 Å². The Morgan fingerprint density at radius 3 is 2.67 bits per heavy atom. The van der Waals surface area contributed by atoms with Crippen molar-refractivity contribution in [1.82, 2.24) is 4.37 Å². The lowest BCUT2D eigenvalue weighted by Crippen LogP contribution is -1.96. The van der Waals surface area contributed by atoms with Gasteiger partial charge in [-0.2, -0.15) is 4.37 Å². The standard InChI is InChI=1S/C11H12N2OS/c1-8-2-4-9(5-3-8)14-7-11-10(12)6-13-15-11/h2-6H,7,12H2,1H3. The molecule has 0 saturated heterocycles. The van der Waals surface area contributed by atoms with Crippen LogP contribution in [0.4, 0.5) is 5.69 Å². The minimum Gasteiger partial charge on any atom is -0.488 e. The zero-order valence-electron chi connectivity index (χ0n) is 8.43. The zero-order chi connectivity index (χ0) is 10.7. The van der Waals surface area contributed by atoms with Crippen molar-refractivity contribution in [3.8, 4) is 5.75 Å². The van der Waals surface area contributed by atoms with Gasteiger partial charge in [0.05, 0.1) is 16.8 Å². The monoisotopic (exact) mass is 220 g/mol. The molecule has 0 radical (unpaired) electrons. The van der Waals surface area contributed by atoms with E-state index in [0.717, 1.165) is 10.6 Å². The molecule has 0 unspecified atom stereocenters. The molecule has 3 nitrogen and oxygen atoms in total. The lowest BCUT2D eigenvalue weighted by molar-refractivity contribution is 0.310. The fourth-order valence-electron chi connectivity index (χ4n) is 1.16. The fourth-order valence-corrected chi connectivity index (χ4v) is 1.73. The third-order valence-corrected chi connectivity index (χ3v) is 2.85. The number of aryl methyl sites for hydroxylation is 1. The van der Waals surface area contributed by atoms with Crippen molar-refractivity contribution in [2.24, 2.45) is 0 Å². The summed E-state index contributed by atoms with van der Waals surface area (Å²) in [5.74, 6) is 0.855. The van der Waals surface area contributed by atoms with E-state index in [0.29, 0.717) is 12.3 Å². The van der Waals surface area contributed by atoms with Gasteiger partial charge in [0.15, 0.2) is 0 Å². The smallest absolute Gasteiger partial charge is 0.126 e. The highest BCUT2D eigenvalue weighted by molar-refractivity contribution is 7.06. The molecule has 4 heteroatoms. The maximum absolute atomic E-state index is 5.70. The van der Waals surface area contributed by atoms with Gasteiger partial charge >= 0.3 is 0 Å². The summed E-state index contributed by atoms with van der Waals surface area (Å²) in [6.45, 7) is 2.53. The molecular formula is C11H12N2OS. The first kappa shape index (κ1) is 9.98. The van der Waals surface area contributed by atoms with E-state index in [-0.39, 0.29) is 0 Å². The van der Waals surface area contributed by atoms with Crippen LogP contribution in [0.15, 0.2) is 30.5 Å². The Kier molecular flexibility index (Phi) is 2.87. The second kappa shape index (κ2) is 4.31. The van der Waals surface area contributed by atoms with Crippen LogP contribution in [0.1, 0.15) is 10.4 Å². The van der Waals surface area contributed by atoms with E-state index >= 15 is 0 Å². The molecule has 1 heterocycles. The lowest BCUT2D eigenvalue weighted by atomic mass is 10.2. The minimum absolute atomic E-state index is 0.486. The number of ether oxygens (including phenoxy) is 1. The van der Waals surface area contributed by atoms with Gasteiger partial charge in [0.2, 0.25) is 0 Å². The summed E-state index contributed by atoms with van der Waals surface area (Å²) in [5, 5.41) is 0. The largest absolute Gasteiger partial charge is 0.488 e. The van der Waals surface area contributed by atoms with Crippen LogP contribution in [0.25, 0.3) is 0 Å². The summed E-state index contributed by atoms with van der Waals surface area (Å²) in [5.41, 5.74) is 7.62. The number of nitrogens with two attached hydrogens (primary N) is 1. The van der Waals surface area contributed by atoms with Crippen LogP contribution in [0.5, 0.6) is 5.75 Å². The van der Waals surface area contributed by atoms with Gasteiger partial charge in [-0.15, -0.1) is 0 Å². The molecule has 1 aromatic heterocycles. The Morgan fingerprint density at radius 1 is 1.33 bits per heavy atom. The Balaban J connectivity index is 1.99. The zero-order valence-corrected chi connectivity index (χ0v) is 9.25. The van der Waals surface area contributed by atoms with Gasteiger partial charge in [-0.05, 0) is 30.6 Å². The first-order valence-corrected chi connectivity index (χ1v) is 5.41. The topological polar surface area (TPSA) is 48.1 Å². The molecule has 2 N–H and O–H groups in total. The first-order valence-electron chi connectivity index (χ1n) is 4.64. The van der Waals surface area contributed by atoms with Crippen LogP contribution in [-0.2, 0) is 6.61 Å². The predicted molar refractivity (Wildman–Crippen MR) is 62.0 cm³/mol. The molecule has 0 spiro atoms. The van der Waals surface area contributed by atoms with E-state index in [1.165, 1.54) is 17.1 Å². The molecule has 0 saturated carbocycles. The number of hydrogen-bond donors (Lipinski definition) is 1. The van der Waals surface area contributed by atoms with E-state index in [4.69, 9.17) is 10.5 Å². The average Bonchev–Trinajstić information content (AvgIpc) is 2.63. The highest BCUT2D eigenvalue weighted by Crippen LogP contribution is 2.19. The normalized spacial score (nSPS) is 10.2. The van der Waals surface area contributed by atoms with Gasteiger partial charge in [-0.1, -0.05) is 17.7 Å². The van der Waals surface area contributed by atoms with Gasteiger partial charge in [-0.3, -0.25) is 0 Å². The molecule has 15 heavy (non-hydrogen) atoms. The molecule has 0 amide bonds. The third kappa shape index (κ3) is 2.47. The molecule has 1 aromatic carbocycles. The molecule has 2 rings (SSSR count). The van der Waals surface area contributed by atoms with Gasteiger partial charge in [-0.25, -0.2) is 0 Å². The molecule has 0 aliphatic rings. The lowest BCUT2D eigenvalue weighted by Gasteiger charge is -2.04. The van der Waals surface area contributed by atoms with Gasteiger partial charge in [0.25, 0.3) is 0 Å². The first-order chi connectivity index (χ1) is 7.25. The van der Waals surface area contributed by atoms with Crippen molar-refractivity contribution >= 4 is 17.2 Å². The highest BCUT2D eigenvalue weighted by Gasteiger charge is 2.02. The number of nitrogens with zero attached hydrogens (tertiary/aromatic N) is 1. The van der Waals surface area contributed by atoms with Gasteiger partial charge in [0.1, 0.15) is 12.4 Å². The van der Waals surface area contributed by atoms with Crippen LogP contribution in [0.3, 0.4) is 0 Å². The van der Waals surface area contributed by atoms with Gasteiger partial charge < -0.3 is 10.5 Å².